The third kappa shape index (κ3) is 3.70. The normalized spacial score (nSPS) is 26.6. The largest absolute Gasteiger partial charge is 0.379 e. The fourth-order valence-corrected chi connectivity index (χ4v) is 2.12. The van der Waals surface area contributed by atoms with Crippen molar-refractivity contribution in [3.05, 3.63) is 0 Å². The van der Waals surface area contributed by atoms with Gasteiger partial charge in [-0.05, 0) is 33.7 Å². The number of nitrogens with zero attached hydrogens (tertiary/aromatic N) is 1. The highest BCUT2D eigenvalue weighted by molar-refractivity contribution is 4.92. The van der Waals surface area contributed by atoms with Gasteiger partial charge in [0.2, 0.25) is 0 Å². The van der Waals surface area contributed by atoms with Crippen LogP contribution in [-0.2, 0) is 9.47 Å². The van der Waals surface area contributed by atoms with Gasteiger partial charge < -0.3 is 15.2 Å². The minimum atomic E-state index is 0.0264. The van der Waals surface area contributed by atoms with E-state index >= 15 is 0 Å². The van der Waals surface area contributed by atoms with Gasteiger partial charge in [0.25, 0.3) is 0 Å². The summed E-state index contributed by atoms with van der Waals surface area (Å²) >= 11 is 0. The van der Waals surface area contributed by atoms with Crippen LogP contribution in [0.1, 0.15) is 26.7 Å². The van der Waals surface area contributed by atoms with Crippen LogP contribution in [0.5, 0.6) is 0 Å². The third-order valence-electron chi connectivity index (χ3n) is 3.37. The third-order valence-corrected chi connectivity index (χ3v) is 3.37. The van der Waals surface area contributed by atoms with E-state index in [-0.39, 0.29) is 5.54 Å². The molecule has 1 aliphatic heterocycles. The Morgan fingerprint density at radius 3 is 2.75 bits per heavy atom. The van der Waals surface area contributed by atoms with Gasteiger partial charge >= 0.3 is 0 Å². The molecule has 2 N–H and O–H groups in total. The van der Waals surface area contributed by atoms with Crippen molar-refractivity contribution in [2.75, 3.05) is 40.0 Å². The summed E-state index contributed by atoms with van der Waals surface area (Å²) in [6, 6.07) is 0. The van der Waals surface area contributed by atoms with Crippen molar-refractivity contribution in [1.29, 1.82) is 0 Å². The molecule has 0 amide bonds. The molecule has 0 radical (unpaired) electrons. The van der Waals surface area contributed by atoms with Crippen LogP contribution >= 0.6 is 0 Å². The molecule has 1 fully saturated rings. The second-order valence-corrected chi connectivity index (χ2v) is 4.93. The molecule has 1 unspecified atom stereocenters. The molecule has 1 rings (SSSR count). The Hall–Kier alpha value is -0.160. The minimum absolute atomic E-state index is 0.0264. The molecule has 1 heterocycles. The van der Waals surface area contributed by atoms with Gasteiger partial charge in [-0.2, -0.15) is 0 Å². The molecule has 1 atom stereocenters. The van der Waals surface area contributed by atoms with Crippen LogP contribution in [-0.4, -0.2) is 56.5 Å². The van der Waals surface area contributed by atoms with E-state index in [0.717, 1.165) is 39.2 Å². The van der Waals surface area contributed by atoms with Crippen molar-refractivity contribution in [2.45, 2.75) is 38.3 Å². The highest BCUT2D eigenvalue weighted by atomic mass is 16.5. The van der Waals surface area contributed by atoms with Crippen molar-refractivity contribution in [3.63, 3.8) is 0 Å². The summed E-state index contributed by atoms with van der Waals surface area (Å²) in [5.41, 5.74) is 5.93. The van der Waals surface area contributed by atoms with Crippen LogP contribution in [0.2, 0.25) is 0 Å². The average Bonchev–Trinajstić information content (AvgIpc) is 2.29. The molecule has 96 valence electrons. The Balaban J connectivity index is 2.39. The number of ether oxygens (including phenoxy) is 2. The molecule has 16 heavy (non-hydrogen) atoms. The summed E-state index contributed by atoms with van der Waals surface area (Å²) in [6.45, 7) is 8.07. The molecule has 0 spiro atoms. The number of nitrogens with two attached hydrogens (primary N) is 1. The monoisotopic (exact) mass is 230 g/mol. The Bertz CT molecular complexity index is 191. The SMILES string of the molecule is CC(C)OCCN(C)C1(CN)CCCOC1. The molecular formula is C12H26N2O2. The lowest BCUT2D eigenvalue weighted by molar-refractivity contribution is -0.0462. The molecular weight excluding hydrogens is 204 g/mol. The van der Waals surface area contributed by atoms with E-state index < -0.39 is 0 Å². The molecule has 0 aliphatic carbocycles. The van der Waals surface area contributed by atoms with Crippen LogP contribution in [0.15, 0.2) is 0 Å². The van der Waals surface area contributed by atoms with Crippen LogP contribution < -0.4 is 5.73 Å². The lowest BCUT2D eigenvalue weighted by Crippen LogP contribution is -2.58. The van der Waals surface area contributed by atoms with Crippen LogP contribution in [0.4, 0.5) is 0 Å². The summed E-state index contributed by atoms with van der Waals surface area (Å²) in [4.78, 5) is 2.30. The maximum Gasteiger partial charge on any atom is 0.0662 e. The quantitative estimate of drug-likeness (QED) is 0.735. The predicted molar refractivity (Wildman–Crippen MR) is 65.6 cm³/mol. The number of likely N-dealkylation sites (N-methyl/N-ethyl adjacent to an activating group) is 1. The maximum atomic E-state index is 5.91. The van der Waals surface area contributed by atoms with Crippen molar-refractivity contribution >= 4 is 0 Å². The first kappa shape index (κ1) is 13.9. The van der Waals surface area contributed by atoms with Gasteiger partial charge in [-0.3, -0.25) is 4.90 Å². The predicted octanol–water partition coefficient (Wildman–Crippen LogP) is 0.851. The summed E-state index contributed by atoms with van der Waals surface area (Å²) in [6.07, 6.45) is 2.53. The summed E-state index contributed by atoms with van der Waals surface area (Å²) in [5.74, 6) is 0. The van der Waals surface area contributed by atoms with Gasteiger partial charge in [0.15, 0.2) is 0 Å². The minimum Gasteiger partial charge on any atom is -0.379 e. The van der Waals surface area contributed by atoms with Crippen molar-refractivity contribution < 1.29 is 9.47 Å². The standard InChI is InChI=1S/C12H26N2O2/c1-11(2)16-8-6-14(3)12(9-13)5-4-7-15-10-12/h11H,4-10,13H2,1-3H3. The highest BCUT2D eigenvalue weighted by Gasteiger charge is 2.35. The molecule has 0 saturated carbocycles. The zero-order valence-electron chi connectivity index (χ0n) is 10.9. The molecule has 0 aromatic carbocycles. The summed E-state index contributed by atoms with van der Waals surface area (Å²) in [5, 5.41) is 0. The fraction of sp³-hybridized carbons (Fsp3) is 1.00. The molecule has 4 heteroatoms. The fourth-order valence-electron chi connectivity index (χ4n) is 2.12. The van der Waals surface area contributed by atoms with Crippen LogP contribution in [0, 0.1) is 0 Å². The van der Waals surface area contributed by atoms with Crippen LogP contribution in [0.25, 0.3) is 0 Å². The van der Waals surface area contributed by atoms with E-state index in [1.165, 1.54) is 0 Å². The molecule has 0 bridgehead atoms. The first-order valence-electron chi connectivity index (χ1n) is 6.21. The van der Waals surface area contributed by atoms with E-state index in [2.05, 4.69) is 25.8 Å². The Kier molecular flexibility index (Phi) is 5.69. The zero-order chi connectivity index (χ0) is 12.0. The number of hydrogen-bond donors (Lipinski definition) is 1. The number of hydrogen-bond acceptors (Lipinski definition) is 4. The Morgan fingerprint density at radius 2 is 2.25 bits per heavy atom. The second kappa shape index (κ2) is 6.55. The molecule has 4 nitrogen and oxygen atoms in total. The van der Waals surface area contributed by atoms with Gasteiger partial charge in [0.1, 0.15) is 0 Å². The molecule has 0 aromatic rings. The Morgan fingerprint density at radius 1 is 1.50 bits per heavy atom. The lowest BCUT2D eigenvalue weighted by Gasteiger charge is -2.43. The second-order valence-electron chi connectivity index (χ2n) is 4.93. The van der Waals surface area contributed by atoms with E-state index in [0.29, 0.717) is 12.6 Å². The number of rotatable bonds is 6. The smallest absolute Gasteiger partial charge is 0.0662 e. The molecule has 0 aromatic heterocycles. The van der Waals surface area contributed by atoms with E-state index in [4.69, 9.17) is 15.2 Å². The first-order valence-corrected chi connectivity index (χ1v) is 6.21. The van der Waals surface area contributed by atoms with Gasteiger partial charge in [-0.15, -0.1) is 0 Å². The van der Waals surface area contributed by atoms with Gasteiger partial charge in [-0.1, -0.05) is 0 Å². The van der Waals surface area contributed by atoms with E-state index in [9.17, 15) is 0 Å². The van der Waals surface area contributed by atoms with E-state index in [1.54, 1.807) is 0 Å². The van der Waals surface area contributed by atoms with Crippen molar-refractivity contribution in [1.82, 2.24) is 4.90 Å². The van der Waals surface area contributed by atoms with Crippen LogP contribution in [0.3, 0.4) is 0 Å². The molecule has 1 saturated heterocycles. The zero-order valence-corrected chi connectivity index (χ0v) is 10.9. The van der Waals surface area contributed by atoms with Gasteiger partial charge in [0, 0.05) is 19.7 Å². The molecule has 1 aliphatic rings. The topological polar surface area (TPSA) is 47.7 Å². The van der Waals surface area contributed by atoms with Gasteiger partial charge in [-0.25, -0.2) is 0 Å². The average molecular weight is 230 g/mol. The van der Waals surface area contributed by atoms with Crippen molar-refractivity contribution in [2.24, 2.45) is 5.73 Å². The lowest BCUT2D eigenvalue weighted by atomic mass is 9.91. The van der Waals surface area contributed by atoms with Gasteiger partial charge in [0.05, 0.1) is 24.9 Å². The van der Waals surface area contributed by atoms with Crippen molar-refractivity contribution in [3.8, 4) is 0 Å². The Labute approximate surface area is 99.1 Å². The maximum absolute atomic E-state index is 5.91. The highest BCUT2D eigenvalue weighted by Crippen LogP contribution is 2.23. The first-order chi connectivity index (χ1) is 7.60. The summed E-state index contributed by atoms with van der Waals surface area (Å²) in [7, 11) is 2.12. The van der Waals surface area contributed by atoms with E-state index in [1.807, 2.05) is 0 Å². The summed E-state index contributed by atoms with van der Waals surface area (Å²) < 4.78 is 11.1.